The molecule has 0 aromatic heterocycles. The number of benzene rings is 1. The molecule has 1 atom stereocenters. The summed E-state index contributed by atoms with van der Waals surface area (Å²) in [6.07, 6.45) is 7.19. The summed E-state index contributed by atoms with van der Waals surface area (Å²) in [5.41, 5.74) is 8.85. The van der Waals surface area contributed by atoms with Crippen molar-refractivity contribution in [1.82, 2.24) is 0 Å². The zero-order chi connectivity index (χ0) is 12.1. The molecule has 0 fully saturated rings. The first-order valence-corrected chi connectivity index (χ1v) is 6.48. The van der Waals surface area contributed by atoms with E-state index in [4.69, 9.17) is 10.5 Å². The van der Waals surface area contributed by atoms with E-state index in [1.165, 1.54) is 24.8 Å². The molecule has 0 spiro atoms. The van der Waals surface area contributed by atoms with Gasteiger partial charge in [0.1, 0.15) is 5.75 Å². The zero-order valence-electron chi connectivity index (χ0n) is 10.5. The summed E-state index contributed by atoms with van der Waals surface area (Å²) in [6, 6.07) is 8.18. The third kappa shape index (κ3) is 3.10. The van der Waals surface area contributed by atoms with Gasteiger partial charge in [0.05, 0.1) is 12.6 Å². The molecule has 0 saturated carbocycles. The molecular formula is C15H21NO. The second-order valence-corrected chi connectivity index (χ2v) is 4.51. The molecule has 1 unspecified atom stereocenters. The van der Waals surface area contributed by atoms with Crippen molar-refractivity contribution < 1.29 is 4.74 Å². The number of ether oxygens (including phenoxy) is 1. The molecule has 0 aliphatic heterocycles. The van der Waals surface area contributed by atoms with Crippen LogP contribution in [0.2, 0.25) is 0 Å². The Morgan fingerprint density at radius 2 is 2.24 bits per heavy atom. The lowest BCUT2D eigenvalue weighted by Gasteiger charge is -2.20. The van der Waals surface area contributed by atoms with Crippen LogP contribution in [0.1, 0.15) is 44.2 Å². The molecule has 1 aliphatic carbocycles. The van der Waals surface area contributed by atoms with Crippen LogP contribution in [0.3, 0.4) is 0 Å². The van der Waals surface area contributed by atoms with Crippen molar-refractivity contribution in [3.8, 4) is 5.75 Å². The smallest absolute Gasteiger partial charge is 0.119 e. The lowest BCUT2D eigenvalue weighted by atomic mass is 9.90. The van der Waals surface area contributed by atoms with Crippen molar-refractivity contribution in [3.63, 3.8) is 0 Å². The third-order valence-corrected chi connectivity index (χ3v) is 3.25. The Balaban J connectivity index is 2.15. The number of allylic oxidation sites excluding steroid dienone is 1. The van der Waals surface area contributed by atoms with Gasteiger partial charge >= 0.3 is 0 Å². The monoisotopic (exact) mass is 231 g/mol. The van der Waals surface area contributed by atoms with Gasteiger partial charge in [0.25, 0.3) is 0 Å². The highest BCUT2D eigenvalue weighted by molar-refractivity contribution is 5.35. The molecule has 0 amide bonds. The van der Waals surface area contributed by atoms with Gasteiger partial charge in [-0.05, 0) is 50.3 Å². The fourth-order valence-electron chi connectivity index (χ4n) is 2.32. The van der Waals surface area contributed by atoms with Gasteiger partial charge in [-0.1, -0.05) is 23.8 Å². The Hall–Kier alpha value is -1.28. The topological polar surface area (TPSA) is 35.2 Å². The van der Waals surface area contributed by atoms with Gasteiger partial charge in [0.15, 0.2) is 0 Å². The van der Waals surface area contributed by atoms with E-state index in [-0.39, 0.29) is 6.04 Å². The minimum Gasteiger partial charge on any atom is -0.494 e. The Kier molecular flexibility index (Phi) is 4.21. The predicted octanol–water partition coefficient (Wildman–Crippen LogP) is 3.59. The number of hydrogen-bond acceptors (Lipinski definition) is 2. The summed E-state index contributed by atoms with van der Waals surface area (Å²) in [5.74, 6) is 0.914. The van der Waals surface area contributed by atoms with Crippen molar-refractivity contribution in [2.75, 3.05) is 6.61 Å². The van der Waals surface area contributed by atoms with Crippen LogP contribution in [0.4, 0.5) is 0 Å². The molecule has 2 heteroatoms. The van der Waals surface area contributed by atoms with Gasteiger partial charge in [0, 0.05) is 0 Å². The van der Waals surface area contributed by atoms with Gasteiger partial charge in [-0.3, -0.25) is 0 Å². The molecular weight excluding hydrogens is 210 g/mol. The summed E-state index contributed by atoms with van der Waals surface area (Å²) < 4.78 is 5.51. The zero-order valence-corrected chi connectivity index (χ0v) is 10.5. The van der Waals surface area contributed by atoms with Crippen LogP contribution in [0.5, 0.6) is 5.75 Å². The maximum absolute atomic E-state index is 6.31. The molecule has 92 valence electrons. The highest BCUT2D eigenvalue weighted by atomic mass is 16.5. The Labute approximate surface area is 103 Å². The van der Waals surface area contributed by atoms with Gasteiger partial charge in [-0.15, -0.1) is 0 Å². The SMILES string of the molecule is CCOc1cccc(C(N)C2=CCCCC2)c1. The molecule has 1 aromatic carbocycles. The lowest BCUT2D eigenvalue weighted by Crippen LogP contribution is -2.15. The Morgan fingerprint density at radius 1 is 1.35 bits per heavy atom. The first kappa shape index (κ1) is 12.2. The first-order valence-electron chi connectivity index (χ1n) is 6.48. The molecule has 1 aliphatic rings. The van der Waals surface area contributed by atoms with Crippen molar-refractivity contribution in [2.24, 2.45) is 5.73 Å². The lowest BCUT2D eigenvalue weighted by molar-refractivity contribution is 0.339. The van der Waals surface area contributed by atoms with E-state index in [1.807, 2.05) is 19.1 Å². The van der Waals surface area contributed by atoms with Crippen LogP contribution in [-0.4, -0.2) is 6.61 Å². The van der Waals surface area contributed by atoms with Gasteiger partial charge < -0.3 is 10.5 Å². The van der Waals surface area contributed by atoms with E-state index in [1.54, 1.807) is 0 Å². The van der Waals surface area contributed by atoms with E-state index in [9.17, 15) is 0 Å². The largest absolute Gasteiger partial charge is 0.494 e. The van der Waals surface area contributed by atoms with Crippen molar-refractivity contribution in [3.05, 3.63) is 41.5 Å². The quantitative estimate of drug-likeness (QED) is 0.804. The van der Waals surface area contributed by atoms with Crippen LogP contribution in [0.25, 0.3) is 0 Å². The van der Waals surface area contributed by atoms with Crippen molar-refractivity contribution >= 4 is 0 Å². The molecule has 2 rings (SSSR count). The minimum absolute atomic E-state index is 0.0377. The molecule has 0 saturated heterocycles. The van der Waals surface area contributed by atoms with E-state index < -0.39 is 0 Å². The summed E-state index contributed by atoms with van der Waals surface area (Å²) in [6.45, 7) is 2.69. The van der Waals surface area contributed by atoms with Gasteiger partial charge in [0.2, 0.25) is 0 Å². The predicted molar refractivity (Wildman–Crippen MR) is 71.1 cm³/mol. The first-order chi connectivity index (χ1) is 8.31. The van der Waals surface area contributed by atoms with Crippen LogP contribution in [0, 0.1) is 0 Å². The number of rotatable bonds is 4. The third-order valence-electron chi connectivity index (χ3n) is 3.25. The number of nitrogens with two attached hydrogens (primary N) is 1. The summed E-state index contributed by atoms with van der Waals surface area (Å²) >= 11 is 0. The standard InChI is InChI=1S/C15H21NO/c1-2-17-14-10-6-9-13(11-14)15(16)12-7-4-3-5-8-12/h6-7,9-11,15H,2-5,8,16H2,1H3. The van der Waals surface area contributed by atoms with Crippen molar-refractivity contribution in [2.45, 2.75) is 38.6 Å². The molecule has 0 heterocycles. The maximum Gasteiger partial charge on any atom is 0.119 e. The van der Waals surface area contributed by atoms with Crippen LogP contribution < -0.4 is 10.5 Å². The van der Waals surface area contributed by atoms with Crippen molar-refractivity contribution in [1.29, 1.82) is 0 Å². The van der Waals surface area contributed by atoms with Crippen LogP contribution >= 0.6 is 0 Å². The maximum atomic E-state index is 6.31. The molecule has 0 bridgehead atoms. The summed E-state index contributed by atoms with van der Waals surface area (Å²) in [4.78, 5) is 0. The summed E-state index contributed by atoms with van der Waals surface area (Å²) in [5, 5.41) is 0. The molecule has 2 N–H and O–H groups in total. The Bertz CT molecular complexity index is 398. The second-order valence-electron chi connectivity index (χ2n) is 4.51. The van der Waals surface area contributed by atoms with Gasteiger partial charge in [-0.2, -0.15) is 0 Å². The summed E-state index contributed by atoms with van der Waals surface area (Å²) in [7, 11) is 0. The molecule has 1 aromatic rings. The van der Waals surface area contributed by atoms with E-state index in [0.717, 1.165) is 17.7 Å². The number of hydrogen-bond donors (Lipinski definition) is 1. The average Bonchev–Trinajstić information content (AvgIpc) is 2.40. The van der Waals surface area contributed by atoms with E-state index >= 15 is 0 Å². The minimum atomic E-state index is 0.0377. The van der Waals surface area contributed by atoms with E-state index in [2.05, 4.69) is 18.2 Å². The fourth-order valence-corrected chi connectivity index (χ4v) is 2.32. The highest BCUT2D eigenvalue weighted by Gasteiger charge is 2.14. The normalized spacial score (nSPS) is 17.4. The average molecular weight is 231 g/mol. The fraction of sp³-hybridized carbons (Fsp3) is 0.467. The second kappa shape index (κ2) is 5.87. The molecule has 17 heavy (non-hydrogen) atoms. The molecule has 2 nitrogen and oxygen atoms in total. The van der Waals surface area contributed by atoms with Crippen LogP contribution in [0.15, 0.2) is 35.9 Å². The molecule has 0 radical (unpaired) electrons. The van der Waals surface area contributed by atoms with Crippen LogP contribution in [-0.2, 0) is 0 Å². The Morgan fingerprint density at radius 3 is 2.94 bits per heavy atom. The van der Waals surface area contributed by atoms with Gasteiger partial charge in [-0.25, -0.2) is 0 Å². The van der Waals surface area contributed by atoms with E-state index in [0.29, 0.717) is 6.61 Å². The highest BCUT2D eigenvalue weighted by Crippen LogP contribution is 2.29.